The normalized spacial score (nSPS) is 15.3. The van der Waals surface area contributed by atoms with Gasteiger partial charge in [-0.25, -0.2) is 18.2 Å². The molecule has 7 nitrogen and oxygen atoms in total. The average Bonchev–Trinajstić information content (AvgIpc) is 2.85. The summed E-state index contributed by atoms with van der Waals surface area (Å²) in [5.74, 6) is -3.97. The zero-order valence-electron chi connectivity index (χ0n) is 19.9. The van der Waals surface area contributed by atoms with Crippen molar-refractivity contribution in [1.29, 1.82) is 0 Å². The Balaban J connectivity index is 0.00000380. The maximum atomic E-state index is 15.1. The first kappa shape index (κ1) is 27.9. The first-order chi connectivity index (χ1) is 17.3. The third kappa shape index (κ3) is 6.02. The lowest BCUT2D eigenvalue weighted by Crippen LogP contribution is -2.43. The lowest BCUT2D eigenvalue weighted by atomic mass is 10.0. The summed E-state index contributed by atoms with van der Waals surface area (Å²) in [6.07, 6.45) is 5.51. The van der Waals surface area contributed by atoms with Crippen molar-refractivity contribution >= 4 is 17.2 Å². The number of aromatic nitrogens is 2. The van der Waals surface area contributed by atoms with Crippen LogP contribution in [0.3, 0.4) is 0 Å². The number of nitrogens with zero attached hydrogens (tertiary/aromatic N) is 3. The van der Waals surface area contributed by atoms with Crippen molar-refractivity contribution in [3.05, 3.63) is 65.4 Å². The molecule has 0 radical (unpaired) electrons. The van der Waals surface area contributed by atoms with Gasteiger partial charge in [-0.05, 0) is 37.5 Å². The molecule has 4 N–H and O–H groups in total. The summed E-state index contributed by atoms with van der Waals surface area (Å²) in [5.41, 5.74) is 11.6. The molecule has 3 heterocycles. The summed E-state index contributed by atoms with van der Waals surface area (Å²) in [6.45, 7) is 3.45. The maximum Gasteiger partial charge on any atom is 0.187 e. The van der Waals surface area contributed by atoms with Crippen molar-refractivity contribution in [3.63, 3.8) is 0 Å². The number of rotatable bonds is 8. The van der Waals surface area contributed by atoms with Crippen molar-refractivity contribution in [2.24, 2.45) is 5.73 Å². The van der Waals surface area contributed by atoms with Gasteiger partial charge in [-0.3, -0.25) is 9.78 Å². The number of anilines is 2. The van der Waals surface area contributed by atoms with Crippen LogP contribution in [0.2, 0.25) is 0 Å². The fourth-order valence-corrected chi connectivity index (χ4v) is 4.33. The number of Topliss-reactive ketones (excluding diaryl/α,β-unsaturated/α-hetero) is 1. The molecule has 1 fully saturated rings. The molecule has 0 saturated carbocycles. The number of carbonyl (C=O) groups is 1. The van der Waals surface area contributed by atoms with E-state index in [1.165, 1.54) is 0 Å². The Morgan fingerprint density at radius 1 is 1.22 bits per heavy atom. The molecule has 0 bridgehead atoms. The number of pyridine rings is 2. The number of hydrogen-bond donors (Lipinski definition) is 2. The summed E-state index contributed by atoms with van der Waals surface area (Å²) in [5, 5.41) is 0. The number of ether oxygens (including phenoxy) is 1. The van der Waals surface area contributed by atoms with Gasteiger partial charge in [-0.15, -0.1) is 0 Å². The van der Waals surface area contributed by atoms with Crippen LogP contribution in [0.4, 0.5) is 24.5 Å². The molecule has 1 aliphatic heterocycles. The SMILES string of the molecule is C.CCCOc1ccc(F)c(-c2nc(C(=O)Cc3cnccc3N3CCC[C@H](N)C3)c(N)cc2F)c1F. The fraction of sp³-hybridized carbons (Fsp3) is 0.370. The molecule has 10 heteroatoms. The number of ketones is 1. The lowest BCUT2D eigenvalue weighted by molar-refractivity contribution is 0.0989. The molecule has 0 amide bonds. The molecule has 0 spiro atoms. The first-order valence-corrected chi connectivity index (χ1v) is 11.8. The number of nitrogens with two attached hydrogens (primary N) is 2. The van der Waals surface area contributed by atoms with Crippen LogP contribution in [0.1, 0.15) is 49.7 Å². The zero-order chi connectivity index (χ0) is 25.8. The molecule has 4 rings (SSSR count). The summed E-state index contributed by atoms with van der Waals surface area (Å²) in [6, 6.07) is 4.77. The highest BCUT2D eigenvalue weighted by molar-refractivity contribution is 6.01. The molecule has 1 aromatic carbocycles. The number of piperidine rings is 1. The first-order valence-electron chi connectivity index (χ1n) is 11.8. The smallest absolute Gasteiger partial charge is 0.187 e. The van der Waals surface area contributed by atoms with Gasteiger partial charge in [0.05, 0.1) is 17.9 Å². The Labute approximate surface area is 214 Å². The summed E-state index contributed by atoms with van der Waals surface area (Å²) >= 11 is 0. The third-order valence-corrected chi connectivity index (χ3v) is 6.05. The second-order valence-electron chi connectivity index (χ2n) is 8.79. The van der Waals surface area contributed by atoms with Gasteiger partial charge in [0.15, 0.2) is 23.2 Å². The van der Waals surface area contributed by atoms with Gasteiger partial charge in [-0.1, -0.05) is 14.4 Å². The molecule has 1 atom stereocenters. The van der Waals surface area contributed by atoms with Crippen LogP contribution in [0.5, 0.6) is 5.75 Å². The Morgan fingerprint density at radius 2 is 2.00 bits per heavy atom. The monoisotopic (exact) mass is 515 g/mol. The van der Waals surface area contributed by atoms with Crippen LogP contribution in [-0.4, -0.2) is 41.5 Å². The Bertz CT molecular complexity index is 1270. The lowest BCUT2D eigenvalue weighted by Gasteiger charge is -2.33. The number of halogens is 3. The Morgan fingerprint density at radius 3 is 2.73 bits per heavy atom. The van der Waals surface area contributed by atoms with Gasteiger partial charge >= 0.3 is 0 Å². The van der Waals surface area contributed by atoms with Gasteiger partial charge in [0, 0.05) is 55.3 Å². The number of carbonyl (C=O) groups excluding carboxylic acids is 1. The van der Waals surface area contributed by atoms with E-state index >= 15 is 4.39 Å². The van der Waals surface area contributed by atoms with Crippen molar-refractivity contribution in [2.45, 2.75) is 46.1 Å². The number of benzene rings is 1. The second-order valence-corrected chi connectivity index (χ2v) is 8.79. The molecule has 1 aliphatic rings. The van der Waals surface area contributed by atoms with Crippen LogP contribution in [0, 0.1) is 17.5 Å². The quantitative estimate of drug-likeness (QED) is 0.410. The van der Waals surface area contributed by atoms with Gasteiger partial charge in [0.2, 0.25) is 0 Å². The minimum atomic E-state index is -1.10. The predicted octanol–water partition coefficient (Wildman–Crippen LogP) is 4.92. The highest BCUT2D eigenvalue weighted by atomic mass is 19.1. The largest absolute Gasteiger partial charge is 0.491 e. The Hall–Kier alpha value is -3.66. The van der Waals surface area contributed by atoms with Crippen LogP contribution in [-0.2, 0) is 6.42 Å². The van der Waals surface area contributed by atoms with E-state index < -0.39 is 34.5 Å². The average molecular weight is 516 g/mol. The number of hydrogen-bond acceptors (Lipinski definition) is 7. The molecule has 2 aromatic heterocycles. The van der Waals surface area contributed by atoms with E-state index in [9.17, 15) is 13.6 Å². The van der Waals surface area contributed by atoms with Gasteiger partial charge in [-0.2, -0.15) is 0 Å². The summed E-state index contributed by atoms with van der Waals surface area (Å²) in [7, 11) is 0. The van der Waals surface area contributed by atoms with Crippen LogP contribution < -0.4 is 21.1 Å². The standard InChI is InChI=1S/C26H28F3N5O2.CH4/c1-2-10-36-22-6-5-17(27)23(24(22)29)25-18(28)12-19(31)26(33-25)21(35)11-15-13-32-8-7-20(15)34-9-3-4-16(30)14-34;/h5-8,12-13,16H,2-4,9-11,14,30-31H2,1H3;1H4/t16-;/m0./s1. The van der Waals surface area contributed by atoms with E-state index in [0.29, 0.717) is 18.5 Å². The van der Waals surface area contributed by atoms with Gasteiger partial charge < -0.3 is 21.1 Å². The molecule has 0 unspecified atom stereocenters. The van der Waals surface area contributed by atoms with Crippen molar-refractivity contribution in [2.75, 3.05) is 30.3 Å². The molecule has 37 heavy (non-hydrogen) atoms. The van der Waals surface area contributed by atoms with Gasteiger partial charge in [0.1, 0.15) is 17.2 Å². The van der Waals surface area contributed by atoms with E-state index in [-0.39, 0.29) is 43.6 Å². The van der Waals surface area contributed by atoms with Crippen LogP contribution >= 0.6 is 0 Å². The minimum Gasteiger partial charge on any atom is -0.491 e. The molecular formula is C27H32F3N5O2. The highest BCUT2D eigenvalue weighted by Gasteiger charge is 2.26. The topological polar surface area (TPSA) is 107 Å². The summed E-state index contributed by atoms with van der Waals surface area (Å²) in [4.78, 5) is 23.5. The van der Waals surface area contributed by atoms with Crippen LogP contribution in [0.25, 0.3) is 11.3 Å². The number of nitrogen functional groups attached to an aromatic ring is 1. The maximum absolute atomic E-state index is 15.1. The fourth-order valence-electron chi connectivity index (χ4n) is 4.33. The van der Waals surface area contributed by atoms with Crippen LogP contribution in [0.15, 0.2) is 36.7 Å². The van der Waals surface area contributed by atoms with E-state index in [0.717, 1.165) is 43.3 Å². The third-order valence-electron chi connectivity index (χ3n) is 6.05. The zero-order valence-corrected chi connectivity index (χ0v) is 19.9. The highest BCUT2D eigenvalue weighted by Crippen LogP contribution is 2.34. The molecule has 1 saturated heterocycles. The van der Waals surface area contributed by atoms with Gasteiger partial charge in [0.25, 0.3) is 0 Å². The summed E-state index contributed by atoms with van der Waals surface area (Å²) < 4.78 is 49.9. The minimum absolute atomic E-state index is 0. The predicted molar refractivity (Wildman–Crippen MR) is 138 cm³/mol. The van der Waals surface area contributed by atoms with Crippen molar-refractivity contribution in [1.82, 2.24) is 9.97 Å². The Kier molecular flexibility index (Phi) is 9.09. The van der Waals surface area contributed by atoms with E-state index in [1.54, 1.807) is 18.5 Å². The molecule has 3 aromatic rings. The van der Waals surface area contributed by atoms with Crippen molar-refractivity contribution in [3.8, 4) is 17.0 Å². The van der Waals surface area contributed by atoms with E-state index in [2.05, 4.69) is 14.9 Å². The van der Waals surface area contributed by atoms with E-state index in [4.69, 9.17) is 16.2 Å². The molecule has 0 aliphatic carbocycles. The van der Waals surface area contributed by atoms with Crippen molar-refractivity contribution < 1.29 is 22.7 Å². The molecular weight excluding hydrogens is 483 g/mol. The molecule has 198 valence electrons. The van der Waals surface area contributed by atoms with E-state index in [1.807, 2.05) is 6.92 Å². The second kappa shape index (κ2) is 12.1.